The van der Waals surface area contributed by atoms with Crippen LogP contribution >= 0.6 is 22.9 Å². The molecule has 0 radical (unpaired) electrons. The molecule has 2 heterocycles. The molecular formula is C15H11ClN4O3S. The first-order valence-electron chi connectivity index (χ1n) is 6.84. The zero-order valence-corrected chi connectivity index (χ0v) is 13.8. The van der Waals surface area contributed by atoms with Gasteiger partial charge in [0.1, 0.15) is 5.69 Å². The van der Waals surface area contributed by atoms with Gasteiger partial charge >= 0.3 is 0 Å². The summed E-state index contributed by atoms with van der Waals surface area (Å²) in [7, 11) is 0. The monoisotopic (exact) mass is 362 g/mol. The number of hydrogen-bond acceptors (Lipinski definition) is 5. The molecule has 0 bridgehead atoms. The molecule has 3 rings (SSSR count). The van der Waals surface area contributed by atoms with E-state index in [-0.39, 0.29) is 17.2 Å². The van der Waals surface area contributed by atoms with E-state index in [1.807, 2.05) is 6.07 Å². The minimum absolute atomic E-state index is 0.167. The summed E-state index contributed by atoms with van der Waals surface area (Å²) in [5, 5.41) is 14.0. The molecule has 122 valence electrons. The van der Waals surface area contributed by atoms with Gasteiger partial charge in [-0.3, -0.25) is 14.9 Å². The lowest BCUT2D eigenvalue weighted by Gasteiger charge is -2.07. The molecule has 3 aromatic rings. The molecule has 0 spiro atoms. The number of benzene rings is 1. The molecule has 0 aliphatic rings. The number of nitro benzene ring substituents is 1. The summed E-state index contributed by atoms with van der Waals surface area (Å²) >= 11 is 7.20. The molecule has 1 aromatic carbocycles. The average Bonchev–Trinajstić information content (AvgIpc) is 3.23. The first-order chi connectivity index (χ1) is 11.5. The maximum atomic E-state index is 12.2. The van der Waals surface area contributed by atoms with E-state index in [1.165, 1.54) is 40.6 Å². The number of carbonyl (C=O) groups is 1. The zero-order valence-electron chi connectivity index (χ0n) is 12.2. The highest BCUT2D eigenvalue weighted by Crippen LogP contribution is 2.24. The summed E-state index contributed by atoms with van der Waals surface area (Å²) in [6.45, 7) is 0.313. The van der Waals surface area contributed by atoms with Crippen molar-refractivity contribution >= 4 is 34.5 Å². The van der Waals surface area contributed by atoms with Gasteiger partial charge in [-0.25, -0.2) is 4.98 Å². The first kappa shape index (κ1) is 16.2. The Labute approximate surface area is 145 Å². The number of amides is 1. The van der Waals surface area contributed by atoms with Crippen LogP contribution in [0.15, 0.2) is 49.1 Å². The van der Waals surface area contributed by atoms with Crippen LogP contribution in [-0.4, -0.2) is 20.4 Å². The Morgan fingerprint density at radius 1 is 1.38 bits per heavy atom. The topological polar surface area (TPSA) is 90.1 Å². The van der Waals surface area contributed by atoms with Gasteiger partial charge < -0.3 is 9.88 Å². The van der Waals surface area contributed by atoms with Gasteiger partial charge in [0.25, 0.3) is 11.6 Å². The van der Waals surface area contributed by atoms with E-state index < -0.39 is 4.92 Å². The number of imidazole rings is 1. The summed E-state index contributed by atoms with van der Waals surface area (Å²) in [5.41, 5.74) is 0.395. The Hall–Kier alpha value is -2.71. The van der Waals surface area contributed by atoms with E-state index >= 15 is 0 Å². The van der Waals surface area contributed by atoms with Crippen molar-refractivity contribution in [2.24, 2.45) is 0 Å². The van der Waals surface area contributed by atoms with Gasteiger partial charge in [-0.2, -0.15) is 0 Å². The molecule has 0 aliphatic heterocycles. The number of aromatic nitrogens is 2. The van der Waals surface area contributed by atoms with E-state index in [4.69, 9.17) is 11.6 Å². The van der Waals surface area contributed by atoms with Crippen molar-refractivity contribution in [3.8, 4) is 5.69 Å². The summed E-state index contributed by atoms with van der Waals surface area (Å²) in [5.74, 6) is -0.389. The van der Waals surface area contributed by atoms with E-state index in [1.54, 1.807) is 18.3 Å². The molecule has 9 heteroatoms. The average molecular weight is 363 g/mol. The van der Waals surface area contributed by atoms with Gasteiger partial charge in [0, 0.05) is 28.9 Å². The van der Waals surface area contributed by atoms with Gasteiger partial charge in [-0.05, 0) is 24.3 Å². The lowest BCUT2D eigenvalue weighted by atomic mass is 10.1. The van der Waals surface area contributed by atoms with E-state index in [9.17, 15) is 14.9 Å². The molecule has 1 N–H and O–H groups in total. The fourth-order valence-corrected chi connectivity index (χ4v) is 3.17. The highest BCUT2D eigenvalue weighted by Gasteiger charge is 2.18. The van der Waals surface area contributed by atoms with E-state index in [0.717, 1.165) is 4.88 Å². The van der Waals surface area contributed by atoms with Crippen LogP contribution in [0.3, 0.4) is 0 Å². The fourth-order valence-electron chi connectivity index (χ4n) is 2.15. The van der Waals surface area contributed by atoms with Gasteiger partial charge in [-0.1, -0.05) is 11.6 Å². The number of hydrogen-bond donors (Lipinski definition) is 1. The van der Waals surface area contributed by atoms with Crippen molar-refractivity contribution in [1.82, 2.24) is 14.9 Å². The van der Waals surface area contributed by atoms with Crippen molar-refractivity contribution in [3.05, 3.63) is 73.9 Å². The van der Waals surface area contributed by atoms with Crippen LogP contribution in [0.1, 0.15) is 15.2 Å². The highest BCUT2D eigenvalue weighted by molar-refractivity contribution is 7.16. The third kappa shape index (κ3) is 3.44. The highest BCUT2D eigenvalue weighted by atomic mass is 35.5. The maximum absolute atomic E-state index is 12.2. The fraction of sp³-hybridized carbons (Fsp3) is 0.0667. The molecule has 0 saturated heterocycles. The smallest absolute Gasteiger partial charge is 0.294 e. The largest absolute Gasteiger partial charge is 0.347 e. The summed E-state index contributed by atoms with van der Waals surface area (Å²) in [6, 6.07) is 7.89. The number of nitrogens with zero attached hydrogens (tertiary/aromatic N) is 3. The molecule has 0 aliphatic carbocycles. The van der Waals surface area contributed by atoms with Gasteiger partial charge in [0.05, 0.1) is 22.1 Å². The van der Waals surface area contributed by atoms with Gasteiger partial charge in [0.2, 0.25) is 0 Å². The summed E-state index contributed by atoms with van der Waals surface area (Å²) in [6.07, 6.45) is 4.59. The van der Waals surface area contributed by atoms with E-state index in [0.29, 0.717) is 16.6 Å². The maximum Gasteiger partial charge on any atom is 0.294 e. The number of nitrogens with one attached hydrogen (secondary N) is 1. The Kier molecular flexibility index (Phi) is 4.59. The molecule has 0 unspecified atom stereocenters. The van der Waals surface area contributed by atoms with Crippen molar-refractivity contribution < 1.29 is 9.72 Å². The van der Waals surface area contributed by atoms with Crippen LogP contribution in [0.2, 0.25) is 4.34 Å². The lowest BCUT2D eigenvalue weighted by Crippen LogP contribution is -2.22. The van der Waals surface area contributed by atoms with Crippen LogP contribution in [-0.2, 0) is 6.54 Å². The minimum atomic E-state index is -0.523. The molecule has 2 aromatic heterocycles. The van der Waals surface area contributed by atoms with Crippen LogP contribution in [0.25, 0.3) is 5.69 Å². The molecule has 0 atom stereocenters. The van der Waals surface area contributed by atoms with E-state index in [2.05, 4.69) is 10.3 Å². The SMILES string of the molecule is O=C(NCc1ccc(Cl)s1)c1ccc(-n2ccnc2)c([N+](=O)[O-])c1. The van der Waals surface area contributed by atoms with Crippen LogP contribution in [0.4, 0.5) is 5.69 Å². The lowest BCUT2D eigenvalue weighted by molar-refractivity contribution is -0.384. The second kappa shape index (κ2) is 6.81. The third-order valence-electron chi connectivity index (χ3n) is 3.27. The van der Waals surface area contributed by atoms with Crippen LogP contribution in [0, 0.1) is 10.1 Å². The number of rotatable bonds is 5. The number of nitro groups is 1. The number of halogens is 1. The van der Waals surface area contributed by atoms with Crippen molar-refractivity contribution in [2.45, 2.75) is 6.54 Å². The normalized spacial score (nSPS) is 10.5. The predicted molar refractivity (Wildman–Crippen MR) is 90.7 cm³/mol. The van der Waals surface area contributed by atoms with Crippen LogP contribution in [0.5, 0.6) is 0 Å². The Bertz CT molecular complexity index is 892. The first-order valence-corrected chi connectivity index (χ1v) is 8.03. The molecule has 0 fully saturated rings. The second-order valence-corrected chi connectivity index (χ2v) is 6.62. The van der Waals surface area contributed by atoms with Crippen LogP contribution < -0.4 is 5.32 Å². The molecule has 7 nitrogen and oxygen atoms in total. The predicted octanol–water partition coefficient (Wildman–Crippen LogP) is 3.43. The molecule has 0 saturated carbocycles. The Morgan fingerprint density at radius 3 is 2.83 bits per heavy atom. The Balaban J connectivity index is 1.82. The quantitative estimate of drug-likeness (QED) is 0.556. The number of carbonyl (C=O) groups excluding carboxylic acids is 1. The molecular weight excluding hydrogens is 352 g/mol. The molecule has 1 amide bonds. The van der Waals surface area contributed by atoms with Gasteiger partial charge in [0.15, 0.2) is 0 Å². The zero-order chi connectivity index (χ0) is 17.1. The van der Waals surface area contributed by atoms with Crippen molar-refractivity contribution in [2.75, 3.05) is 0 Å². The number of thiophene rings is 1. The van der Waals surface area contributed by atoms with Gasteiger partial charge in [-0.15, -0.1) is 11.3 Å². The summed E-state index contributed by atoms with van der Waals surface area (Å²) in [4.78, 5) is 27.8. The Morgan fingerprint density at radius 2 is 2.21 bits per heavy atom. The summed E-state index contributed by atoms with van der Waals surface area (Å²) < 4.78 is 2.16. The standard InChI is InChI=1S/C15H11ClN4O3S/c16-14-4-2-11(24-14)8-18-15(21)10-1-3-12(13(7-10)20(22)23)19-6-5-17-9-19/h1-7,9H,8H2,(H,18,21). The molecule has 24 heavy (non-hydrogen) atoms. The van der Waals surface area contributed by atoms with Crippen molar-refractivity contribution in [1.29, 1.82) is 0 Å². The van der Waals surface area contributed by atoms with Crippen molar-refractivity contribution in [3.63, 3.8) is 0 Å². The second-order valence-electron chi connectivity index (χ2n) is 4.82. The third-order valence-corrected chi connectivity index (χ3v) is 4.50. The minimum Gasteiger partial charge on any atom is -0.347 e.